The van der Waals surface area contributed by atoms with E-state index in [-0.39, 0.29) is 11.6 Å². The van der Waals surface area contributed by atoms with E-state index in [0.29, 0.717) is 29.7 Å². The Balaban J connectivity index is 1.40. The van der Waals surface area contributed by atoms with E-state index in [1.807, 2.05) is 30.3 Å². The van der Waals surface area contributed by atoms with E-state index >= 15 is 0 Å². The van der Waals surface area contributed by atoms with Gasteiger partial charge in [-0.2, -0.15) is 9.50 Å². The van der Waals surface area contributed by atoms with Gasteiger partial charge in [-0.15, -0.1) is 0 Å². The molecule has 1 aromatic carbocycles. The van der Waals surface area contributed by atoms with Crippen LogP contribution in [0.15, 0.2) is 52.0 Å². The average Bonchev–Trinajstić information content (AvgIpc) is 3.42. The highest BCUT2D eigenvalue weighted by Crippen LogP contribution is 2.32. The second-order valence-corrected chi connectivity index (χ2v) is 6.56. The van der Waals surface area contributed by atoms with Crippen LogP contribution in [-0.4, -0.2) is 41.2 Å². The van der Waals surface area contributed by atoms with Crippen LogP contribution in [0.3, 0.4) is 0 Å². The van der Waals surface area contributed by atoms with Crippen LogP contribution in [0.25, 0.3) is 17.2 Å². The fourth-order valence-electron chi connectivity index (χ4n) is 3.53. The molecule has 1 saturated heterocycles. The Bertz CT molecular complexity index is 1130. The lowest BCUT2D eigenvalue weighted by Gasteiger charge is -2.20. The molecule has 3 aromatic heterocycles. The second kappa shape index (κ2) is 6.44. The molecule has 4 heterocycles. The maximum absolute atomic E-state index is 12.1. The van der Waals surface area contributed by atoms with Gasteiger partial charge in [0.2, 0.25) is 11.7 Å². The topological polar surface area (TPSA) is 105 Å². The average molecular weight is 363 g/mol. The van der Waals surface area contributed by atoms with Crippen LogP contribution in [0.2, 0.25) is 0 Å². The molecule has 9 nitrogen and oxygen atoms in total. The summed E-state index contributed by atoms with van der Waals surface area (Å²) in [6.07, 6.45) is 3.41. The van der Waals surface area contributed by atoms with E-state index in [0.717, 1.165) is 24.9 Å². The summed E-state index contributed by atoms with van der Waals surface area (Å²) in [5, 5.41) is 6.87. The molecule has 0 radical (unpaired) electrons. The van der Waals surface area contributed by atoms with Crippen molar-refractivity contribution in [2.45, 2.75) is 25.4 Å². The second-order valence-electron chi connectivity index (χ2n) is 6.56. The molecule has 1 aliphatic heterocycles. The number of nitrogens with one attached hydrogen (secondary N) is 1. The number of hydrogen-bond acceptors (Lipinski definition) is 7. The summed E-state index contributed by atoms with van der Waals surface area (Å²) < 4.78 is 6.86. The van der Waals surface area contributed by atoms with E-state index in [2.05, 4.69) is 30.1 Å². The Morgan fingerprint density at radius 1 is 1.22 bits per heavy atom. The molecular weight excluding hydrogens is 346 g/mol. The lowest BCUT2D eigenvalue weighted by Crippen LogP contribution is -2.25. The number of hydrogen-bond donors (Lipinski definition) is 1. The van der Waals surface area contributed by atoms with Crippen molar-refractivity contribution in [3.63, 3.8) is 0 Å². The van der Waals surface area contributed by atoms with Gasteiger partial charge in [-0.1, -0.05) is 35.5 Å². The molecule has 0 saturated carbocycles. The first kappa shape index (κ1) is 15.9. The van der Waals surface area contributed by atoms with E-state index in [1.54, 1.807) is 0 Å². The van der Waals surface area contributed by atoms with Crippen LogP contribution in [0.4, 0.5) is 0 Å². The van der Waals surface area contributed by atoms with Crippen molar-refractivity contribution >= 4 is 5.78 Å². The molecule has 0 amide bonds. The van der Waals surface area contributed by atoms with Gasteiger partial charge in [0.05, 0.1) is 11.7 Å². The summed E-state index contributed by atoms with van der Waals surface area (Å²) in [6, 6.07) is 11.3. The molecule has 1 fully saturated rings. The van der Waals surface area contributed by atoms with Crippen molar-refractivity contribution in [2.75, 3.05) is 6.54 Å². The third-order valence-electron chi connectivity index (χ3n) is 4.81. The zero-order valence-corrected chi connectivity index (χ0v) is 14.4. The Morgan fingerprint density at radius 2 is 2.11 bits per heavy atom. The van der Waals surface area contributed by atoms with E-state index in [4.69, 9.17) is 4.52 Å². The molecule has 0 bridgehead atoms. The van der Waals surface area contributed by atoms with Crippen molar-refractivity contribution in [1.29, 1.82) is 0 Å². The van der Waals surface area contributed by atoms with Crippen LogP contribution < -0.4 is 5.56 Å². The summed E-state index contributed by atoms with van der Waals surface area (Å²) >= 11 is 0. The maximum atomic E-state index is 12.1. The van der Waals surface area contributed by atoms with Crippen molar-refractivity contribution in [3.05, 3.63) is 64.7 Å². The number of likely N-dealkylation sites (tertiary alicyclic amines) is 1. The minimum absolute atomic E-state index is 0.0226. The van der Waals surface area contributed by atoms with Crippen LogP contribution in [0.5, 0.6) is 0 Å². The first-order valence-electron chi connectivity index (χ1n) is 8.83. The van der Waals surface area contributed by atoms with Crippen LogP contribution in [0, 0.1) is 0 Å². The number of benzene rings is 1. The molecule has 0 unspecified atom stereocenters. The van der Waals surface area contributed by atoms with Gasteiger partial charge in [0.25, 0.3) is 11.3 Å². The van der Waals surface area contributed by atoms with Gasteiger partial charge in [0.1, 0.15) is 6.33 Å². The first-order chi connectivity index (χ1) is 13.3. The number of aromatic nitrogens is 6. The Labute approximate surface area is 153 Å². The zero-order chi connectivity index (χ0) is 18.2. The fourth-order valence-corrected chi connectivity index (χ4v) is 3.53. The highest BCUT2D eigenvalue weighted by Gasteiger charge is 2.31. The highest BCUT2D eigenvalue weighted by molar-refractivity contribution is 5.53. The third kappa shape index (κ3) is 2.91. The van der Waals surface area contributed by atoms with Crippen LogP contribution >= 0.6 is 0 Å². The summed E-state index contributed by atoms with van der Waals surface area (Å²) in [5.41, 5.74) is 1.44. The van der Waals surface area contributed by atoms with Crippen LogP contribution in [0.1, 0.15) is 30.5 Å². The standard InChI is InChI=1S/C18H17N7O2/c26-15-9-13(21-18-19-11-20-25(15)18)10-24-8-4-7-14(24)17-22-16(23-27-17)12-5-2-1-3-6-12/h1-3,5-6,9,11,14H,4,7-8,10H2,(H,19,20,21)/t14-/m0/s1. The molecule has 4 aromatic rings. The number of nitrogens with zero attached hydrogens (tertiary/aromatic N) is 6. The summed E-state index contributed by atoms with van der Waals surface area (Å²) in [7, 11) is 0. The maximum Gasteiger partial charge on any atom is 0.274 e. The monoisotopic (exact) mass is 363 g/mol. The first-order valence-corrected chi connectivity index (χ1v) is 8.83. The summed E-state index contributed by atoms with van der Waals surface area (Å²) in [5.74, 6) is 1.56. The van der Waals surface area contributed by atoms with Gasteiger partial charge in [0.15, 0.2) is 0 Å². The van der Waals surface area contributed by atoms with Gasteiger partial charge >= 0.3 is 0 Å². The SMILES string of the molecule is O=c1cc(CN2CCC[C@H]2c2nc(-c3ccccc3)no2)nc2nc[nH]n12. The van der Waals surface area contributed by atoms with Gasteiger partial charge in [-0.05, 0) is 19.4 Å². The van der Waals surface area contributed by atoms with Crippen molar-refractivity contribution in [1.82, 2.24) is 34.6 Å². The van der Waals surface area contributed by atoms with Crippen molar-refractivity contribution in [2.24, 2.45) is 0 Å². The fraction of sp³-hybridized carbons (Fsp3) is 0.278. The molecular formula is C18H17N7O2. The largest absolute Gasteiger partial charge is 0.337 e. The predicted molar refractivity (Wildman–Crippen MR) is 95.7 cm³/mol. The lowest BCUT2D eigenvalue weighted by molar-refractivity contribution is 0.199. The Morgan fingerprint density at radius 3 is 3.00 bits per heavy atom. The number of fused-ring (bicyclic) bond motifs is 1. The molecule has 1 atom stereocenters. The van der Waals surface area contributed by atoms with E-state index < -0.39 is 0 Å². The lowest BCUT2D eigenvalue weighted by atomic mass is 10.2. The van der Waals surface area contributed by atoms with Gasteiger partial charge in [0, 0.05) is 18.2 Å². The molecule has 27 heavy (non-hydrogen) atoms. The molecule has 0 aliphatic carbocycles. The van der Waals surface area contributed by atoms with Gasteiger partial charge < -0.3 is 4.52 Å². The normalized spacial score (nSPS) is 17.7. The molecule has 1 N–H and O–H groups in total. The molecule has 136 valence electrons. The number of aromatic amines is 1. The Kier molecular flexibility index (Phi) is 3.79. The van der Waals surface area contributed by atoms with Crippen molar-refractivity contribution < 1.29 is 4.52 Å². The predicted octanol–water partition coefficient (Wildman–Crippen LogP) is 1.80. The molecule has 9 heteroatoms. The molecule has 0 spiro atoms. The summed E-state index contributed by atoms with van der Waals surface area (Å²) in [6.45, 7) is 1.42. The van der Waals surface area contributed by atoms with Gasteiger partial charge in [-0.3, -0.25) is 14.8 Å². The van der Waals surface area contributed by atoms with Crippen molar-refractivity contribution in [3.8, 4) is 11.4 Å². The van der Waals surface area contributed by atoms with Gasteiger partial charge in [-0.25, -0.2) is 9.97 Å². The van der Waals surface area contributed by atoms with Crippen LogP contribution in [-0.2, 0) is 6.54 Å². The smallest absolute Gasteiger partial charge is 0.274 e. The molecule has 1 aliphatic rings. The summed E-state index contributed by atoms with van der Waals surface area (Å²) in [4.78, 5) is 27.5. The number of rotatable bonds is 4. The minimum atomic E-state index is -0.174. The number of H-pyrrole nitrogens is 1. The quantitative estimate of drug-likeness (QED) is 0.589. The Hall–Kier alpha value is -3.33. The zero-order valence-electron chi connectivity index (χ0n) is 14.4. The third-order valence-corrected chi connectivity index (χ3v) is 4.81. The van der Waals surface area contributed by atoms with E-state index in [9.17, 15) is 4.79 Å². The molecule has 5 rings (SSSR count). The van der Waals surface area contributed by atoms with E-state index in [1.165, 1.54) is 16.9 Å². The highest BCUT2D eigenvalue weighted by atomic mass is 16.5. The minimum Gasteiger partial charge on any atom is -0.337 e.